The highest BCUT2D eigenvalue weighted by Crippen LogP contribution is 2.23. The molecule has 0 radical (unpaired) electrons. The summed E-state index contributed by atoms with van der Waals surface area (Å²) in [6.07, 6.45) is 0. The maximum atomic E-state index is 13.4. The molecule has 1 aromatic heterocycles. The number of hydrogen-bond donors (Lipinski definition) is 1. The topological polar surface area (TPSA) is 67.2 Å². The highest BCUT2D eigenvalue weighted by atomic mass is 32.2. The van der Waals surface area contributed by atoms with Crippen molar-refractivity contribution in [2.75, 3.05) is 24.7 Å². The number of fused-ring (bicyclic) bond motifs is 1. The van der Waals surface area contributed by atoms with Crippen LogP contribution in [0.25, 0.3) is 16.6 Å². The first-order chi connectivity index (χ1) is 16.3. The molecule has 0 bridgehead atoms. The van der Waals surface area contributed by atoms with Gasteiger partial charge in [-0.1, -0.05) is 53.7 Å². The average Bonchev–Trinajstić information content (AvgIpc) is 2.82. The Balaban J connectivity index is 1.56. The zero-order valence-corrected chi connectivity index (χ0v) is 20.6. The summed E-state index contributed by atoms with van der Waals surface area (Å²) in [6, 6.07) is 21.3. The van der Waals surface area contributed by atoms with Gasteiger partial charge in [0.2, 0.25) is 5.91 Å². The molecule has 0 aliphatic rings. The van der Waals surface area contributed by atoms with Gasteiger partial charge in [0.25, 0.3) is 5.56 Å². The Kier molecular flexibility index (Phi) is 7.03. The van der Waals surface area contributed by atoms with Crippen molar-refractivity contribution in [3.63, 3.8) is 0 Å². The lowest BCUT2D eigenvalue weighted by molar-refractivity contribution is -0.118. The Morgan fingerprint density at radius 3 is 2.47 bits per heavy atom. The zero-order valence-electron chi connectivity index (χ0n) is 19.8. The smallest absolute Gasteiger partial charge is 0.266 e. The van der Waals surface area contributed by atoms with Crippen LogP contribution < -0.4 is 15.8 Å². The van der Waals surface area contributed by atoms with Crippen LogP contribution in [-0.4, -0.2) is 35.3 Å². The minimum Gasteiger partial charge on any atom is -0.378 e. The van der Waals surface area contributed by atoms with Gasteiger partial charge in [0.1, 0.15) is 0 Å². The van der Waals surface area contributed by atoms with Gasteiger partial charge in [-0.2, -0.15) is 0 Å². The Labute approximate surface area is 203 Å². The summed E-state index contributed by atoms with van der Waals surface area (Å²) in [7, 11) is 3.99. The molecule has 4 aromatic rings. The Morgan fingerprint density at radius 2 is 1.76 bits per heavy atom. The van der Waals surface area contributed by atoms with Crippen molar-refractivity contribution < 1.29 is 4.79 Å². The number of nitrogens with zero attached hydrogens (tertiary/aromatic N) is 3. The molecule has 0 fully saturated rings. The first kappa shape index (κ1) is 23.6. The maximum absolute atomic E-state index is 13.4. The molecule has 0 spiro atoms. The van der Waals surface area contributed by atoms with E-state index in [4.69, 9.17) is 4.98 Å². The summed E-state index contributed by atoms with van der Waals surface area (Å²) in [6.45, 7) is 4.45. The molecule has 0 atom stereocenters. The minimum absolute atomic E-state index is 0.115. The van der Waals surface area contributed by atoms with E-state index >= 15 is 0 Å². The van der Waals surface area contributed by atoms with Crippen molar-refractivity contribution in [1.82, 2.24) is 14.9 Å². The fourth-order valence-electron chi connectivity index (χ4n) is 3.77. The summed E-state index contributed by atoms with van der Waals surface area (Å²) in [5, 5.41) is 4.01. The summed E-state index contributed by atoms with van der Waals surface area (Å²) < 4.78 is 1.62. The van der Waals surface area contributed by atoms with Gasteiger partial charge < -0.3 is 10.2 Å². The molecule has 7 heteroatoms. The first-order valence-corrected chi connectivity index (χ1v) is 12.1. The van der Waals surface area contributed by atoms with Gasteiger partial charge in [-0.3, -0.25) is 14.2 Å². The molecule has 3 aromatic carbocycles. The Hall–Kier alpha value is -3.58. The zero-order chi connectivity index (χ0) is 24.2. The molecular weight excluding hydrogens is 444 g/mol. The average molecular weight is 473 g/mol. The quantitative estimate of drug-likeness (QED) is 0.317. The number of hydrogen-bond acceptors (Lipinski definition) is 5. The lowest BCUT2D eigenvalue weighted by Crippen LogP contribution is -2.26. The maximum Gasteiger partial charge on any atom is 0.266 e. The summed E-state index contributed by atoms with van der Waals surface area (Å²) >= 11 is 1.27. The van der Waals surface area contributed by atoms with E-state index in [1.165, 1.54) is 11.8 Å². The number of benzene rings is 3. The largest absolute Gasteiger partial charge is 0.378 e. The van der Waals surface area contributed by atoms with Crippen molar-refractivity contribution in [3.8, 4) is 5.69 Å². The van der Waals surface area contributed by atoms with Crippen LogP contribution in [0.15, 0.2) is 76.7 Å². The van der Waals surface area contributed by atoms with E-state index in [2.05, 4.69) is 5.32 Å². The molecule has 1 amide bonds. The first-order valence-electron chi connectivity index (χ1n) is 11.1. The van der Waals surface area contributed by atoms with Crippen LogP contribution in [0.5, 0.6) is 0 Å². The van der Waals surface area contributed by atoms with E-state index in [1.54, 1.807) is 10.6 Å². The van der Waals surface area contributed by atoms with E-state index in [9.17, 15) is 9.59 Å². The van der Waals surface area contributed by atoms with Crippen molar-refractivity contribution in [1.29, 1.82) is 0 Å². The van der Waals surface area contributed by atoms with Gasteiger partial charge in [0.05, 0.1) is 22.3 Å². The van der Waals surface area contributed by atoms with Gasteiger partial charge in [-0.15, -0.1) is 0 Å². The van der Waals surface area contributed by atoms with Crippen molar-refractivity contribution in [2.45, 2.75) is 25.5 Å². The van der Waals surface area contributed by atoms with E-state index in [0.29, 0.717) is 22.6 Å². The second kappa shape index (κ2) is 10.1. The monoisotopic (exact) mass is 472 g/mol. The molecule has 0 aliphatic carbocycles. The fraction of sp³-hybridized carbons (Fsp3) is 0.222. The third-order valence-corrected chi connectivity index (χ3v) is 6.55. The number of para-hydroxylation sites is 1. The molecule has 0 saturated carbocycles. The number of nitrogens with one attached hydrogen (secondary N) is 1. The van der Waals surface area contributed by atoms with Gasteiger partial charge in [0.15, 0.2) is 5.16 Å². The summed E-state index contributed by atoms with van der Waals surface area (Å²) in [5.41, 5.74) is 5.50. The van der Waals surface area contributed by atoms with Crippen LogP contribution in [0.1, 0.15) is 16.7 Å². The normalized spacial score (nSPS) is 10.9. The standard InChI is InChI=1S/C27H28N4O2S/c1-18-9-14-24(19(2)15-18)31-26(33)22-7-5-6-8-23(22)29-27(31)34-17-25(32)28-16-20-10-12-21(13-11-20)30(3)4/h5-15H,16-17H2,1-4H3,(H,28,32). The molecule has 0 aliphatic heterocycles. The number of carbonyl (C=O) groups is 1. The van der Waals surface area contributed by atoms with E-state index in [-0.39, 0.29) is 17.2 Å². The molecule has 6 nitrogen and oxygen atoms in total. The predicted molar refractivity (Wildman–Crippen MR) is 140 cm³/mol. The van der Waals surface area contributed by atoms with Crippen LogP contribution in [0, 0.1) is 13.8 Å². The van der Waals surface area contributed by atoms with E-state index in [1.807, 2.05) is 93.5 Å². The number of thioether (sulfide) groups is 1. The lowest BCUT2D eigenvalue weighted by atomic mass is 10.1. The molecule has 34 heavy (non-hydrogen) atoms. The Morgan fingerprint density at radius 1 is 1.03 bits per heavy atom. The van der Waals surface area contributed by atoms with Crippen molar-refractivity contribution in [2.24, 2.45) is 0 Å². The number of rotatable bonds is 7. The second-order valence-electron chi connectivity index (χ2n) is 8.47. The third-order valence-electron chi connectivity index (χ3n) is 5.61. The van der Waals surface area contributed by atoms with Gasteiger partial charge in [0, 0.05) is 26.3 Å². The van der Waals surface area contributed by atoms with Crippen LogP contribution in [0.3, 0.4) is 0 Å². The van der Waals surface area contributed by atoms with Crippen molar-refractivity contribution >= 4 is 34.3 Å². The van der Waals surface area contributed by atoms with E-state index in [0.717, 1.165) is 28.1 Å². The molecule has 4 rings (SSSR count). The molecule has 0 unspecified atom stereocenters. The third kappa shape index (κ3) is 5.15. The molecular formula is C27H28N4O2S. The number of aromatic nitrogens is 2. The SMILES string of the molecule is Cc1ccc(-n2c(SCC(=O)NCc3ccc(N(C)C)cc3)nc3ccccc3c2=O)c(C)c1. The lowest BCUT2D eigenvalue weighted by Gasteiger charge is -2.15. The summed E-state index contributed by atoms with van der Waals surface area (Å²) in [4.78, 5) is 32.8. The van der Waals surface area contributed by atoms with Crippen LogP contribution in [0.2, 0.25) is 0 Å². The van der Waals surface area contributed by atoms with Crippen molar-refractivity contribution in [3.05, 3.63) is 93.8 Å². The number of anilines is 1. The highest BCUT2D eigenvalue weighted by molar-refractivity contribution is 7.99. The molecule has 1 heterocycles. The van der Waals surface area contributed by atoms with Crippen LogP contribution in [0.4, 0.5) is 5.69 Å². The number of carbonyl (C=O) groups excluding carboxylic acids is 1. The number of aryl methyl sites for hydroxylation is 2. The summed E-state index contributed by atoms with van der Waals surface area (Å²) in [5.74, 6) is 0.0436. The fourth-order valence-corrected chi connectivity index (χ4v) is 4.61. The minimum atomic E-state index is -0.138. The predicted octanol–water partition coefficient (Wildman–Crippen LogP) is 4.48. The van der Waals surface area contributed by atoms with Gasteiger partial charge in [-0.25, -0.2) is 4.98 Å². The molecule has 1 N–H and O–H groups in total. The molecule has 174 valence electrons. The molecule has 0 saturated heterocycles. The number of amides is 1. The van der Waals surface area contributed by atoms with Crippen LogP contribution >= 0.6 is 11.8 Å². The van der Waals surface area contributed by atoms with Gasteiger partial charge in [-0.05, 0) is 55.3 Å². The van der Waals surface area contributed by atoms with E-state index < -0.39 is 0 Å². The Bertz CT molecular complexity index is 1390. The second-order valence-corrected chi connectivity index (χ2v) is 9.41. The van der Waals surface area contributed by atoms with Gasteiger partial charge >= 0.3 is 0 Å². The highest BCUT2D eigenvalue weighted by Gasteiger charge is 2.16. The van der Waals surface area contributed by atoms with Crippen LogP contribution in [-0.2, 0) is 11.3 Å².